The van der Waals surface area contributed by atoms with Gasteiger partial charge in [-0.15, -0.1) is 0 Å². The number of unbranched alkanes of at least 4 members (excludes halogenated alkanes) is 14. The highest BCUT2D eigenvalue weighted by molar-refractivity contribution is 5.69. The monoisotopic (exact) mass is 480 g/mol. The molecule has 1 unspecified atom stereocenters. The minimum atomic E-state index is -0.532. The van der Waals surface area contributed by atoms with Crippen molar-refractivity contribution in [2.24, 2.45) is 0 Å². The number of carbonyl (C=O) groups is 1. The zero-order chi connectivity index (χ0) is 25.0. The maximum atomic E-state index is 12.0. The highest BCUT2D eigenvalue weighted by atomic mass is 16.6. The van der Waals surface area contributed by atoms with Crippen LogP contribution in [0.15, 0.2) is 24.3 Å². The van der Waals surface area contributed by atoms with Gasteiger partial charge in [-0.3, -0.25) is 4.79 Å². The zero-order valence-corrected chi connectivity index (χ0v) is 22.6. The van der Waals surface area contributed by atoms with Crippen LogP contribution in [0, 0.1) is 0 Å². The van der Waals surface area contributed by atoms with Gasteiger partial charge < -0.3 is 14.6 Å². The van der Waals surface area contributed by atoms with Gasteiger partial charge in [0.1, 0.15) is 6.10 Å². The van der Waals surface area contributed by atoms with Crippen LogP contribution in [0.25, 0.3) is 0 Å². The van der Waals surface area contributed by atoms with E-state index in [-0.39, 0.29) is 12.6 Å². The maximum Gasteiger partial charge on any atom is 0.306 e. The van der Waals surface area contributed by atoms with Gasteiger partial charge in [-0.25, -0.2) is 0 Å². The molecule has 4 heteroatoms. The molecule has 0 saturated carbocycles. The minimum absolute atomic E-state index is 0.176. The molecular weight excluding hydrogens is 424 g/mol. The van der Waals surface area contributed by atoms with Crippen LogP contribution in [-0.4, -0.2) is 37.0 Å². The highest BCUT2D eigenvalue weighted by Crippen LogP contribution is 2.10. The quantitative estimate of drug-likeness (QED) is 0.0766. The van der Waals surface area contributed by atoms with Gasteiger partial charge in [0, 0.05) is 13.0 Å². The lowest BCUT2D eigenvalue weighted by atomic mass is 10.1. The SMILES string of the molecule is CCCCC/C=C\C/C=C\CCCCCCCC(=O)OC(CO)COCCCCCCCCC. The molecule has 1 atom stereocenters. The summed E-state index contributed by atoms with van der Waals surface area (Å²) in [6, 6.07) is 0. The molecular formula is C30H56O4. The van der Waals surface area contributed by atoms with Crippen molar-refractivity contribution in [3.63, 3.8) is 0 Å². The van der Waals surface area contributed by atoms with E-state index in [0.717, 1.165) is 38.5 Å². The van der Waals surface area contributed by atoms with Crippen LogP contribution in [0.4, 0.5) is 0 Å². The van der Waals surface area contributed by atoms with Crippen LogP contribution < -0.4 is 0 Å². The number of allylic oxidation sites excluding steroid dienone is 4. The number of ether oxygens (including phenoxy) is 2. The molecule has 0 aromatic heterocycles. The van der Waals surface area contributed by atoms with Gasteiger partial charge in [-0.2, -0.15) is 0 Å². The summed E-state index contributed by atoms with van der Waals surface area (Å²) in [6.45, 7) is 5.26. The molecule has 0 spiro atoms. The second kappa shape index (κ2) is 28.1. The molecule has 0 bridgehead atoms. The molecule has 0 saturated heterocycles. The molecule has 4 nitrogen and oxygen atoms in total. The summed E-state index contributed by atoms with van der Waals surface area (Å²) in [5, 5.41) is 9.44. The Morgan fingerprint density at radius 3 is 1.88 bits per heavy atom. The number of esters is 1. The van der Waals surface area contributed by atoms with Crippen molar-refractivity contribution >= 4 is 5.97 Å². The fourth-order valence-corrected chi connectivity index (χ4v) is 3.83. The summed E-state index contributed by atoms with van der Waals surface area (Å²) < 4.78 is 11.0. The Kier molecular flexibility index (Phi) is 27.2. The van der Waals surface area contributed by atoms with Gasteiger partial charge in [-0.1, -0.05) is 109 Å². The minimum Gasteiger partial charge on any atom is -0.457 e. The molecule has 0 radical (unpaired) electrons. The van der Waals surface area contributed by atoms with Crippen molar-refractivity contribution in [2.75, 3.05) is 19.8 Å². The number of hydrogen-bond acceptors (Lipinski definition) is 4. The Balaban J connectivity index is 3.50. The van der Waals surface area contributed by atoms with Crippen LogP contribution in [0.2, 0.25) is 0 Å². The van der Waals surface area contributed by atoms with Gasteiger partial charge >= 0.3 is 5.97 Å². The van der Waals surface area contributed by atoms with E-state index >= 15 is 0 Å². The Hall–Kier alpha value is -1.13. The third kappa shape index (κ3) is 25.5. The van der Waals surface area contributed by atoms with Gasteiger partial charge in [0.05, 0.1) is 13.2 Å². The summed E-state index contributed by atoms with van der Waals surface area (Å²) in [5.74, 6) is -0.218. The number of carbonyl (C=O) groups excluding carboxylic acids is 1. The van der Waals surface area contributed by atoms with E-state index in [1.807, 2.05) is 0 Å². The zero-order valence-electron chi connectivity index (χ0n) is 22.6. The van der Waals surface area contributed by atoms with Crippen LogP contribution in [0.1, 0.15) is 136 Å². The molecule has 0 aliphatic rings. The maximum absolute atomic E-state index is 12.0. The topological polar surface area (TPSA) is 55.8 Å². The van der Waals surface area contributed by atoms with E-state index in [1.165, 1.54) is 77.0 Å². The van der Waals surface area contributed by atoms with Crippen molar-refractivity contribution in [3.8, 4) is 0 Å². The fourth-order valence-electron chi connectivity index (χ4n) is 3.83. The Labute approximate surface area is 211 Å². The largest absolute Gasteiger partial charge is 0.457 e. The Morgan fingerprint density at radius 2 is 1.24 bits per heavy atom. The molecule has 0 rings (SSSR count). The molecule has 34 heavy (non-hydrogen) atoms. The average molecular weight is 481 g/mol. The number of aliphatic hydroxyl groups excluding tert-OH is 1. The Morgan fingerprint density at radius 1 is 0.706 bits per heavy atom. The number of hydrogen-bond donors (Lipinski definition) is 1. The Bertz CT molecular complexity index is 472. The molecule has 200 valence electrons. The normalized spacial score (nSPS) is 12.7. The lowest BCUT2D eigenvalue weighted by Gasteiger charge is -2.15. The molecule has 0 aromatic carbocycles. The molecule has 0 amide bonds. The smallest absolute Gasteiger partial charge is 0.306 e. The van der Waals surface area contributed by atoms with Crippen molar-refractivity contribution in [3.05, 3.63) is 24.3 Å². The molecule has 1 N–H and O–H groups in total. The molecule has 0 aromatic rings. The van der Waals surface area contributed by atoms with E-state index in [2.05, 4.69) is 38.2 Å². The van der Waals surface area contributed by atoms with Crippen LogP contribution >= 0.6 is 0 Å². The van der Waals surface area contributed by atoms with E-state index in [4.69, 9.17) is 9.47 Å². The van der Waals surface area contributed by atoms with Gasteiger partial charge in [0.15, 0.2) is 0 Å². The van der Waals surface area contributed by atoms with E-state index in [1.54, 1.807) is 0 Å². The second-order valence-corrected chi connectivity index (χ2v) is 9.47. The van der Waals surface area contributed by atoms with Crippen LogP contribution in [0.5, 0.6) is 0 Å². The fraction of sp³-hybridized carbons (Fsp3) is 0.833. The van der Waals surface area contributed by atoms with Crippen molar-refractivity contribution in [1.29, 1.82) is 0 Å². The predicted octanol–water partition coefficient (Wildman–Crippen LogP) is 8.47. The summed E-state index contributed by atoms with van der Waals surface area (Å²) in [5.41, 5.74) is 0. The first kappa shape index (κ1) is 32.9. The van der Waals surface area contributed by atoms with Crippen LogP contribution in [0.3, 0.4) is 0 Å². The number of rotatable bonds is 26. The van der Waals surface area contributed by atoms with Crippen LogP contribution in [-0.2, 0) is 14.3 Å². The number of aliphatic hydroxyl groups is 1. The lowest BCUT2D eigenvalue weighted by molar-refractivity contribution is -0.154. The lowest BCUT2D eigenvalue weighted by Crippen LogP contribution is -2.27. The molecule has 0 fully saturated rings. The van der Waals surface area contributed by atoms with Crippen molar-refractivity contribution < 1.29 is 19.4 Å². The predicted molar refractivity (Wildman–Crippen MR) is 145 cm³/mol. The van der Waals surface area contributed by atoms with E-state index in [0.29, 0.717) is 19.6 Å². The summed E-state index contributed by atoms with van der Waals surface area (Å²) in [7, 11) is 0. The average Bonchev–Trinajstić information content (AvgIpc) is 2.84. The first-order valence-electron chi connectivity index (χ1n) is 14.4. The highest BCUT2D eigenvalue weighted by Gasteiger charge is 2.13. The van der Waals surface area contributed by atoms with E-state index < -0.39 is 6.10 Å². The van der Waals surface area contributed by atoms with E-state index in [9.17, 15) is 9.90 Å². The second-order valence-electron chi connectivity index (χ2n) is 9.47. The molecule has 0 aliphatic carbocycles. The van der Waals surface area contributed by atoms with Gasteiger partial charge in [0.25, 0.3) is 0 Å². The summed E-state index contributed by atoms with van der Waals surface area (Å²) in [4.78, 5) is 12.0. The third-order valence-corrected chi connectivity index (χ3v) is 6.03. The molecule has 0 aliphatic heterocycles. The van der Waals surface area contributed by atoms with Crippen molar-refractivity contribution in [1.82, 2.24) is 0 Å². The van der Waals surface area contributed by atoms with Gasteiger partial charge in [0.2, 0.25) is 0 Å². The van der Waals surface area contributed by atoms with Gasteiger partial charge in [-0.05, 0) is 44.9 Å². The third-order valence-electron chi connectivity index (χ3n) is 6.03. The molecule has 0 heterocycles. The summed E-state index contributed by atoms with van der Waals surface area (Å²) >= 11 is 0. The van der Waals surface area contributed by atoms with Crippen molar-refractivity contribution in [2.45, 2.75) is 142 Å². The summed E-state index contributed by atoms with van der Waals surface area (Å²) in [6.07, 6.45) is 30.6. The standard InChI is InChI=1S/C30H56O4/c1-3-5-7-9-11-12-13-14-15-16-17-18-19-21-23-25-30(32)34-29(27-31)28-33-26-24-22-20-10-8-6-4-2/h11-12,14-15,29,31H,3-10,13,16-28H2,1-2H3/b12-11-,15-14-. The first-order valence-corrected chi connectivity index (χ1v) is 14.4. The first-order chi connectivity index (χ1) is 16.7.